The van der Waals surface area contributed by atoms with Gasteiger partial charge in [0.05, 0.1) is 0 Å². The first-order valence-corrected chi connectivity index (χ1v) is 14.0. The van der Waals surface area contributed by atoms with Crippen LogP contribution in [-0.4, -0.2) is 35.2 Å². The summed E-state index contributed by atoms with van der Waals surface area (Å²) in [4.78, 5) is 35.7. The highest BCUT2D eigenvalue weighted by Crippen LogP contribution is 2.70. The van der Waals surface area contributed by atoms with Gasteiger partial charge in [-0.3, -0.25) is 14.4 Å². The Morgan fingerprint density at radius 1 is 0.914 bits per heavy atom. The Hall–Kier alpha value is -1.59. The first-order valence-electron chi connectivity index (χ1n) is 14.0. The first-order chi connectivity index (χ1) is 16.4. The highest BCUT2D eigenvalue weighted by molar-refractivity contribution is 5.67. The van der Waals surface area contributed by atoms with Crippen molar-refractivity contribution in [1.29, 1.82) is 0 Å². The molecule has 4 saturated carbocycles. The van der Waals surface area contributed by atoms with E-state index in [0.29, 0.717) is 29.6 Å². The third-order valence-electron chi connectivity index (χ3n) is 11.2. The summed E-state index contributed by atoms with van der Waals surface area (Å²) >= 11 is 0. The van der Waals surface area contributed by atoms with Crippen molar-refractivity contribution in [1.82, 2.24) is 0 Å². The smallest absolute Gasteiger partial charge is 0.303 e. The molecule has 0 bridgehead atoms. The number of ether oxygens (including phenoxy) is 2. The lowest BCUT2D eigenvalue weighted by molar-refractivity contribution is -0.219. The van der Waals surface area contributed by atoms with Crippen molar-refractivity contribution in [3.05, 3.63) is 0 Å². The molecule has 0 aromatic heterocycles. The Morgan fingerprint density at radius 2 is 1.54 bits per heavy atom. The number of rotatable bonds is 6. The molecule has 0 saturated heterocycles. The molecular weight excluding hydrogens is 444 g/mol. The molecule has 11 atom stereocenters. The van der Waals surface area contributed by atoms with Gasteiger partial charge in [-0.25, -0.2) is 0 Å². The average Bonchev–Trinajstić information content (AvgIpc) is 3.11. The number of carbonyl (C=O) groups is 3. The molecule has 0 amide bonds. The Bertz CT molecular complexity index is 839. The van der Waals surface area contributed by atoms with Crippen molar-refractivity contribution in [3.8, 4) is 0 Å². The van der Waals surface area contributed by atoms with Crippen molar-refractivity contribution in [2.75, 3.05) is 0 Å². The van der Waals surface area contributed by atoms with Crippen molar-refractivity contribution < 1.29 is 29.0 Å². The molecule has 0 radical (unpaired) electrons. The van der Waals surface area contributed by atoms with Gasteiger partial charge in [0, 0.05) is 26.2 Å². The van der Waals surface area contributed by atoms with Crippen LogP contribution in [0, 0.1) is 52.3 Å². The molecule has 4 aliphatic carbocycles. The second-order valence-electron chi connectivity index (χ2n) is 12.9. The van der Waals surface area contributed by atoms with E-state index < -0.39 is 5.97 Å². The van der Waals surface area contributed by atoms with Crippen molar-refractivity contribution >= 4 is 17.9 Å². The number of carbonyl (C=O) groups excluding carboxylic acids is 2. The zero-order chi connectivity index (χ0) is 25.7. The predicted octanol–water partition coefficient (Wildman–Crippen LogP) is 5.87. The highest BCUT2D eigenvalue weighted by atomic mass is 16.5. The summed E-state index contributed by atoms with van der Waals surface area (Å²) in [6.07, 6.45) is 8.20. The summed E-state index contributed by atoms with van der Waals surface area (Å²) in [5, 5.41) is 9.47. The third kappa shape index (κ3) is 4.52. The largest absolute Gasteiger partial charge is 0.481 e. The molecule has 6 heteroatoms. The Kier molecular flexibility index (Phi) is 7.34. The zero-order valence-corrected chi connectivity index (χ0v) is 22.5. The predicted molar refractivity (Wildman–Crippen MR) is 132 cm³/mol. The molecule has 6 nitrogen and oxygen atoms in total. The quantitative estimate of drug-likeness (QED) is 0.469. The summed E-state index contributed by atoms with van der Waals surface area (Å²) in [5.74, 6) is 1.28. The van der Waals surface area contributed by atoms with Crippen LogP contribution in [0.25, 0.3) is 0 Å². The molecule has 3 unspecified atom stereocenters. The minimum atomic E-state index is -0.709. The zero-order valence-electron chi connectivity index (χ0n) is 22.5. The Balaban J connectivity index is 1.70. The normalized spacial score (nSPS) is 45.4. The van der Waals surface area contributed by atoms with Crippen molar-refractivity contribution in [2.24, 2.45) is 52.3 Å². The lowest BCUT2D eigenvalue weighted by Gasteiger charge is -2.65. The fourth-order valence-electron chi connectivity index (χ4n) is 10.00. The van der Waals surface area contributed by atoms with Gasteiger partial charge in [-0.1, -0.05) is 27.7 Å². The number of hydrogen-bond donors (Lipinski definition) is 1. The Labute approximate surface area is 210 Å². The minimum Gasteiger partial charge on any atom is -0.481 e. The van der Waals surface area contributed by atoms with Gasteiger partial charge in [-0.15, -0.1) is 0 Å². The molecule has 0 aliphatic heterocycles. The second kappa shape index (κ2) is 9.70. The molecular formula is C29H46O6. The summed E-state index contributed by atoms with van der Waals surface area (Å²) in [6.45, 7) is 12.2. The van der Waals surface area contributed by atoms with Crippen LogP contribution >= 0.6 is 0 Å². The maximum absolute atomic E-state index is 12.4. The van der Waals surface area contributed by atoms with E-state index in [1.807, 2.05) is 0 Å². The van der Waals surface area contributed by atoms with Gasteiger partial charge < -0.3 is 14.6 Å². The topological polar surface area (TPSA) is 89.9 Å². The van der Waals surface area contributed by atoms with E-state index in [-0.39, 0.29) is 53.2 Å². The number of carboxylic acids is 1. The lowest BCUT2D eigenvalue weighted by atomic mass is 9.41. The van der Waals surface area contributed by atoms with E-state index in [4.69, 9.17) is 9.47 Å². The van der Waals surface area contributed by atoms with Gasteiger partial charge >= 0.3 is 17.9 Å². The number of carboxylic acid groups (broad SMARTS) is 1. The minimum absolute atomic E-state index is 0.0456. The van der Waals surface area contributed by atoms with Crippen molar-refractivity contribution in [2.45, 2.75) is 112 Å². The number of hydrogen-bond acceptors (Lipinski definition) is 5. The van der Waals surface area contributed by atoms with Gasteiger partial charge in [0.1, 0.15) is 12.2 Å². The second-order valence-corrected chi connectivity index (χ2v) is 12.9. The standard InChI is InChI=1S/C29H46O6/c1-7-20-24-15-19(34-17(3)30)10-12-29(24,6)23-11-13-28(5)21(16(2)14-25(32)33)8-9-22(28)26(23)27(20)35-18(4)31/h16,19-24,26-27H,7-15H2,1-6H3,(H,32,33)/t16-,19-,20-,21-,22?,23?,24+,26?,27-,28-,29-/m1/s1. The summed E-state index contributed by atoms with van der Waals surface area (Å²) < 4.78 is 11.9. The molecule has 0 heterocycles. The number of fused-ring (bicyclic) bond motifs is 5. The van der Waals surface area contributed by atoms with Crippen LogP contribution < -0.4 is 0 Å². The number of aliphatic carboxylic acids is 1. The molecule has 198 valence electrons. The first kappa shape index (κ1) is 26.5. The highest BCUT2D eigenvalue weighted by Gasteiger charge is 2.66. The SMILES string of the molecule is CC[C@H]1[C@@H](OC(C)=O)C2C3CC[C@H]([C@H](C)CC(=O)O)[C@@]3(C)CCC2[C@@]2(C)CC[C@@H](OC(C)=O)C[C@@H]12. The van der Waals surface area contributed by atoms with E-state index in [1.54, 1.807) is 0 Å². The van der Waals surface area contributed by atoms with E-state index in [9.17, 15) is 19.5 Å². The lowest BCUT2D eigenvalue weighted by Crippen LogP contribution is -2.63. The third-order valence-corrected chi connectivity index (χ3v) is 11.2. The van der Waals surface area contributed by atoms with E-state index >= 15 is 0 Å². The van der Waals surface area contributed by atoms with Crippen LogP contribution in [0.1, 0.15) is 99.3 Å². The molecule has 4 aliphatic rings. The van der Waals surface area contributed by atoms with E-state index in [1.165, 1.54) is 13.8 Å². The van der Waals surface area contributed by atoms with Crippen LogP contribution in [0.15, 0.2) is 0 Å². The van der Waals surface area contributed by atoms with Gasteiger partial charge in [0.15, 0.2) is 0 Å². The molecule has 4 fully saturated rings. The maximum atomic E-state index is 12.4. The van der Waals surface area contributed by atoms with Gasteiger partial charge in [-0.2, -0.15) is 0 Å². The molecule has 1 N–H and O–H groups in total. The fourth-order valence-corrected chi connectivity index (χ4v) is 10.00. The van der Waals surface area contributed by atoms with Crippen LogP contribution in [0.4, 0.5) is 0 Å². The van der Waals surface area contributed by atoms with Gasteiger partial charge in [0.25, 0.3) is 0 Å². The van der Waals surface area contributed by atoms with Gasteiger partial charge in [0.2, 0.25) is 0 Å². The fraction of sp³-hybridized carbons (Fsp3) is 0.897. The van der Waals surface area contributed by atoms with Crippen molar-refractivity contribution in [3.63, 3.8) is 0 Å². The average molecular weight is 491 g/mol. The Morgan fingerprint density at radius 3 is 2.14 bits per heavy atom. The molecule has 0 spiro atoms. The summed E-state index contributed by atoms with van der Waals surface area (Å²) in [7, 11) is 0. The van der Waals surface area contributed by atoms with Crippen LogP contribution in [0.3, 0.4) is 0 Å². The van der Waals surface area contributed by atoms with E-state index in [0.717, 1.165) is 51.4 Å². The van der Waals surface area contributed by atoms with Crippen LogP contribution in [0.2, 0.25) is 0 Å². The molecule has 35 heavy (non-hydrogen) atoms. The summed E-state index contributed by atoms with van der Waals surface area (Å²) in [5.41, 5.74) is 0.232. The molecule has 0 aromatic rings. The van der Waals surface area contributed by atoms with E-state index in [2.05, 4.69) is 27.7 Å². The molecule has 0 aromatic carbocycles. The van der Waals surface area contributed by atoms with Crippen LogP contribution in [-0.2, 0) is 23.9 Å². The summed E-state index contributed by atoms with van der Waals surface area (Å²) in [6, 6.07) is 0. The maximum Gasteiger partial charge on any atom is 0.303 e. The monoisotopic (exact) mass is 490 g/mol. The van der Waals surface area contributed by atoms with Gasteiger partial charge in [-0.05, 0) is 97.7 Å². The van der Waals surface area contributed by atoms with Crippen LogP contribution in [0.5, 0.6) is 0 Å². The number of esters is 2. The molecule has 4 rings (SSSR count).